The molecule has 0 radical (unpaired) electrons. The van der Waals surface area contributed by atoms with Crippen molar-refractivity contribution >= 4 is 28.9 Å². The number of para-hydroxylation sites is 1. The van der Waals surface area contributed by atoms with Gasteiger partial charge < -0.3 is 15.8 Å². The molecule has 2 aromatic rings. The van der Waals surface area contributed by atoms with Crippen LogP contribution in [0.5, 0.6) is 5.75 Å². The Bertz CT molecular complexity index is 627. The summed E-state index contributed by atoms with van der Waals surface area (Å²) in [7, 11) is 0. The number of nitrogens with one attached hydrogen (secondary N) is 1. The van der Waals surface area contributed by atoms with E-state index in [2.05, 4.69) is 5.32 Å². The van der Waals surface area contributed by atoms with Crippen LogP contribution in [0.3, 0.4) is 0 Å². The lowest BCUT2D eigenvalue weighted by Gasteiger charge is -2.09. The van der Waals surface area contributed by atoms with E-state index in [0.29, 0.717) is 22.9 Å². The number of hydrogen-bond acceptors (Lipinski definition) is 3. The van der Waals surface area contributed by atoms with Gasteiger partial charge in [0, 0.05) is 5.69 Å². The molecule has 110 valence electrons. The predicted molar refractivity (Wildman–Crippen MR) is 86.0 cm³/mol. The Balaban J connectivity index is 2.07. The summed E-state index contributed by atoms with van der Waals surface area (Å²) in [5.74, 6) is 0.481. The van der Waals surface area contributed by atoms with Crippen LogP contribution in [0, 0.1) is 0 Å². The van der Waals surface area contributed by atoms with Crippen LogP contribution in [0.4, 0.5) is 11.4 Å². The van der Waals surface area contributed by atoms with Gasteiger partial charge in [-0.1, -0.05) is 24.6 Å². The van der Waals surface area contributed by atoms with Gasteiger partial charge in [-0.2, -0.15) is 0 Å². The number of ether oxygens (including phenoxy) is 1. The highest BCUT2D eigenvalue weighted by Crippen LogP contribution is 2.23. The first kappa shape index (κ1) is 15.2. The maximum atomic E-state index is 12.2. The summed E-state index contributed by atoms with van der Waals surface area (Å²) in [6.07, 6.45) is 0.951. The molecule has 21 heavy (non-hydrogen) atoms. The van der Waals surface area contributed by atoms with E-state index in [9.17, 15) is 4.79 Å². The van der Waals surface area contributed by atoms with Crippen molar-refractivity contribution in [3.63, 3.8) is 0 Å². The van der Waals surface area contributed by atoms with E-state index >= 15 is 0 Å². The lowest BCUT2D eigenvalue weighted by molar-refractivity contribution is 0.102. The highest BCUT2D eigenvalue weighted by atomic mass is 35.5. The summed E-state index contributed by atoms with van der Waals surface area (Å²) in [5, 5.41) is 3.14. The Labute approximate surface area is 128 Å². The van der Waals surface area contributed by atoms with E-state index < -0.39 is 0 Å². The SMILES string of the molecule is CCCOc1ccc(NC(=O)c2cccc(Cl)c2N)cc1. The molecular weight excluding hydrogens is 288 g/mol. The van der Waals surface area contributed by atoms with Gasteiger partial charge in [0.05, 0.1) is 22.9 Å². The minimum atomic E-state index is -0.294. The summed E-state index contributed by atoms with van der Waals surface area (Å²) in [4.78, 5) is 12.2. The van der Waals surface area contributed by atoms with Crippen LogP contribution in [0.1, 0.15) is 23.7 Å². The van der Waals surface area contributed by atoms with Crippen LogP contribution < -0.4 is 15.8 Å². The number of nitrogen functional groups attached to an aromatic ring is 1. The molecule has 0 aliphatic carbocycles. The molecule has 3 N–H and O–H groups in total. The zero-order valence-electron chi connectivity index (χ0n) is 11.7. The molecule has 2 aromatic carbocycles. The van der Waals surface area contributed by atoms with Crippen molar-refractivity contribution in [1.82, 2.24) is 0 Å². The van der Waals surface area contributed by atoms with Crippen molar-refractivity contribution in [1.29, 1.82) is 0 Å². The average molecular weight is 305 g/mol. The van der Waals surface area contributed by atoms with E-state index in [-0.39, 0.29) is 11.6 Å². The van der Waals surface area contributed by atoms with Gasteiger partial charge >= 0.3 is 0 Å². The van der Waals surface area contributed by atoms with Crippen LogP contribution in [0.25, 0.3) is 0 Å². The zero-order valence-corrected chi connectivity index (χ0v) is 12.5. The van der Waals surface area contributed by atoms with Crippen molar-refractivity contribution < 1.29 is 9.53 Å². The minimum absolute atomic E-state index is 0.277. The summed E-state index contributed by atoms with van der Waals surface area (Å²) in [5.41, 5.74) is 7.11. The van der Waals surface area contributed by atoms with Gasteiger partial charge in [0.25, 0.3) is 5.91 Å². The first-order valence-corrected chi connectivity index (χ1v) is 7.08. The molecule has 0 heterocycles. The number of carbonyl (C=O) groups is 1. The third kappa shape index (κ3) is 3.89. The zero-order chi connectivity index (χ0) is 15.2. The Hall–Kier alpha value is -2.20. The molecule has 0 atom stereocenters. The van der Waals surface area contributed by atoms with Gasteiger partial charge in [0.2, 0.25) is 0 Å². The highest BCUT2D eigenvalue weighted by molar-refractivity contribution is 6.34. The van der Waals surface area contributed by atoms with Crippen molar-refractivity contribution in [2.75, 3.05) is 17.7 Å². The Morgan fingerprint density at radius 3 is 2.62 bits per heavy atom. The van der Waals surface area contributed by atoms with Crippen molar-refractivity contribution in [2.24, 2.45) is 0 Å². The normalized spacial score (nSPS) is 10.2. The monoisotopic (exact) mass is 304 g/mol. The van der Waals surface area contributed by atoms with Crippen LogP contribution in [-0.4, -0.2) is 12.5 Å². The smallest absolute Gasteiger partial charge is 0.257 e. The van der Waals surface area contributed by atoms with Crippen LogP contribution in [0.2, 0.25) is 5.02 Å². The molecule has 0 saturated heterocycles. The van der Waals surface area contributed by atoms with Crippen LogP contribution in [-0.2, 0) is 0 Å². The lowest BCUT2D eigenvalue weighted by Crippen LogP contribution is -2.14. The van der Waals surface area contributed by atoms with E-state index in [1.807, 2.05) is 19.1 Å². The number of halogens is 1. The van der Waals surface area contributed by atoms with Gasteiger partial charge in [-0.25, -0.2) is 0 Å². The number of anilines is 2. The lowest BCUT2D eigenvalue weighted by atomic mass is 10.1. The second-order valence-electron chi connectivity index (χ2n) is 4.53. The maximum absolute atomic E-state index is 12.2. The molecule has 0 aromatic heterocycles. The van der Waals surface area contributed by atoms with Crippen molar-refractivity contribution in [3.05, 3.63) is 53.1 Å². The Morgan fingerprint density at radius 2 is 1.95 bits per heavy atom. The number of hydrogen-bond donors (Lipinski definition) is 2. The number of rotatable bonds is 5. The summed E-state index contributed by atoms with van der Waals surface area (Å²) >= 11 is 5.91. The quantitative estimate of drug-likeness (QED) is 0.822. The second kappa shape index (κ2) is 6.99. The van der Waals surface area contributed by atoms with Gasteiger partial charge in [-0.15, -0.1) is 0 Å². The van der Waals surface area contributed by atoms with Crippen LogP contribution in [0.15, 0.2) is 42.5 Å². The fraction of sp³-hybridized carbons (Fsp3) is 0.188. The molecule has 5 heteroatoms. The second-order valence-corrected chi connectivity index (χ2v) is 4.94. The molecule has 0 aliphatic rings. The van der Waals surface area contributed by atoms with Crippen molar-refractivity contribution in [2.45, 2.75) is 13.3 Å². The highest BCUT2D eigenvalue weighted by Gasteiger charge is 2.11. The van der Waals surface area contributed by atoms with E-state index in [1.54, 1.807) is 30.3 Å². The molecule has 4 nitrogen and oxygen atoms in total. The Morgan fingerprint density at radius 1 is 1.24 bits per heavy atom. The van der Waals surface area contributed by atoms with Gasteiger partial charge in [-0.3, -0.25) is 4.79 Å². The number of carbonyl (C=O) groups excluding carboxylic acids is 1. The molecule has 0 bridgehead atoms. The number of benzene rings is 2. The molecule has 0 aliphatic heterocycles. The molecule has 0 spiro atoms. The third-order valence-electron chi connectivity index (χ3n) is 2.88. The summed E-state index contributed by atoms with van der Waals surface area (Å²) in [6, 6.07) is 12.2. The van der Waals surface area contributed by atoms with Crippen molar-refractivity contribution in [3.8, 4) is 5.75 Å². The average Bonchev–Trinajstić information content (AvgIpc) is 2.49. The maximum Gasteiger partial charge on any atom is 0.257 e. The molecular formula is C16H17ClN2O2. The standard InChI is InChI=1S/C16H17ClN2O2/c1-2-10-21-12-8-6-11(7-9-12)19-16(20)13-4-3-5-14(17)15(13)18/h3-9H,2,10,18H2,1H3,(H,19,20). The van der Waals surface area contributed by atoms with E-state index in [1.165, 1.54) is 0 Å². The summed E-state index contributed by atoms with van der Waals surface area (Å²) in [6.45, 7) is 2.72. The number of nitrogens with two attached hydrogens (primary N) is 1. The molecule has 0 unspecified atom stereocenters. The van der Waals surface area contributed by atoms with Gasteiger partial charge in [-0.05, 0) is 42.8 Å². The van der Waals surface area contributed by atoms with E-state index in [4.69, 9.17) is 22.1 Å². The largest absolute Gasteiger partial charge is 0.494 e. The first-order valence-electron chi connectivity index (χ1n) is 6.70. The minimum Gasteiger partial charge on any atom is -0.494 e. The first-order chi connectivity index (χ1) is 10.1. The topological polar surface area (TPSA) is 64.3 Å². The molecule has 0 saturated carbocycles. The fourth-order valence-electron chi connectivity index (χ4n) is 1.79. The predicted octanol–water partition coefficient (Wildman–Crippen LogP) is 3.96. The van der Waals surface area contributed by atoms with Crippen LogP contribution >= 0.6 is 11.6 Å². The molecule has 2 rings (SSSR count). The van der Waals surface area contributed by atoms with Gasteiger partial charge in [0.1, 0.15) is 5.75 Å². The Kier molecular flexibility index (Phi) is 5.06. The summed E-state index contributed by atoms with van der Waals surface area (Å²) < 4.78 is 5.48. The molecule has 1 amide bonds. The third-order valence-corrected chi connectivity index (χ3v) is 3.21. The fourth-order valence-corrected chi connectivity index (χ4v) is 1.96. The molecule has 0 fully saturated rings. The van der Waals surface area contributed by atoms with Gasteiger partial charge in [0.15, 0.2) is 0 Å². The van der Waals surface area contributed by atoms with E-state index in [0.717, 1.165) is 12.2 Å². The number of amides is 1.